The Labute approximate surface area is 145 Å². The van der Waals surface area contributed by atoms with Gasteiger partial charge in [0.15, 0.2) is 0 Å². The van der Waals surface area contributed by atoms with Crippen LogP contribution in [0, 0.1) is 5.92 Å². The van der Waals surface area contributed by atoms with Crippen LogP contribution in [0.5, 0.6) is 0 Å². The number of benzene rings is 1. The van der Waals surface area contributed by atoms with Gasteiger partial charge in [0.2, 0.25) is 5.91 Å². The van der Waals surface area contributed by atoms with Crippen LogP contribution >= 0.6 is 0 Å². The SMILES string of the molecule is CC1(C)CN(CC(=O)N2CCC(Cc3ccccc3)CC2)CCO1. The minimum Gasteiger partial charge on any atom is -0.373 e. The second kappa shape index (κ2) is 7.66. The predicted octanol–water partition coefficient (Wildman–Crippen LogP) is 2.58. The molecule has 2 saturated heterocycles. The van der Waals surface area contributed by atoms with Crippen LogP contribution in [0.1, 0.15) is 32.3 Å². The molecule has 0 unspecified atom stereocenters. The Morgan fingerprint density at radius 3 is 2.54 bits per heavy atom. The zero-order valence-electron chi connectivity index (χ0n) is 15.0. The Bertz CT molecular complexity index is 536. The molecule has 0 atom stereocenters. The first kappa shape index (κ1) is 17.4. The Hall–Kier alpha value is -1.39. The fourth-order valence-electron chi connectivity index (χ4n) is 3.87. The molecule has 132 valence electrons. The molecule has 3 rings (SSSR count). The topological polar surface area (TPSA) is 32.8 Å². The summed E-state index contributed by atoms with van der Waals surface area (Å²) in [7, 11) is 0. The number of carbonyl (C=O) groups is 1. The third kappa shape index (κ3) is 4.81. The number of rotatable bonds is 4. The smallest absolute Gasteiger partial charge is 0.236 e. The largest absolute Gasteiger partial charge is 0.373 e. The average Bonchev–Trinajstić information content (AvgIpc) is 2.55. The van der Waals surface area contributed by atoms with E-state index in [-0.39, 0.29) is 11.5 Å². The van der Waals surface area contributed by atoms with Gasteiger partial charge in [0.1, 0.15) is 0 Å². The highest BCUT2D eigenvalue weighted by Crippen LogP contribution is 2.22. The zero-order valence-corrected chi connectivity index (χ0v) is 15.0. The first-order valence-electron chi connectivity index (χ1n) is 9.20. The van der Waals surface area contributed by atoms with Gasteiger partial charge >= 0.3 is 0 Å². The predicted molar refractivity (Wildman–Crippen MR) is 95.9 cm³/mol. The maximum atomic E-state index is 12.6. The lowest BCUT2D eigenvalue weighted by Crippen LogP contribution is -2.52. The number of morpholine rings is 1. The Morgan fingerprint density at radius 1 is 1.17 bits per heavy atom. The van der Waals surface area contributed by atoms with Crippen LogP contribution in [0.2, 0.25) is 0 Å². The molecule has 1 amide bonds. The lowest BCUT2D eigenvalue weighted by molar-refractivity contribution is -0.138. The summed E-state index contributed by atoms with van der Waals surface area (Å²) in [6.45, 7) is 8.96. The van der Waals surface area contributed by atoms with E-state index < -0.39 is 0 Å². The number of ether oxygens (including phenoxy) is 1. The number of carbonyl (C=O) groups excluding carboxylic acids is 1. The van der Waals surface area contributed by atoms with Crippen LogP contribution in [-0.4, -0.2) is 60.6 Å². The second-order valence-electron chi connectivity index (χ2n) is 7.83. The monoisotopic (exact) mass is 330 g/mol. The molecule has 0 aliphatic carbocycles. The van der Waals surface area contributed by atoms with Crippen molar-refractivity contribution >= 4 is 5.91 Å². The van der Waals surface area contributed by atoms with E-state index in [0.29, 0.717) is 12.5 Å². The summed E-state index contributed by atoms with van der Waals surface area (Å²) in [4.78, 5) is 16.9. The molecule has 0 radical (unpaired) electrons. The van der Waals surface area contributed by atoms with E-state index in [1.165, 1.54) is 5.56 Å². The van der Waals surface area contributed by atoms with Crippen LogP contribution in [0.15, 0.2) is 30.3 Å². The van der Waals surface area contributed by atoms with Crippen molar-refractivity contribution in [3.05, 3.63) is 35.9 Å². The maximum absolute atomic E-state index is 12.6. The van der Waals surface area contributed by atoms with Crippen molar-refractivity contribution in [1.82, 2.24) is 9.80 Å². The lowest BCUT2D eigenvalue weighted by Gasteiger charge is -2.39. The molecule has 4 heteroatoms. The van der Waals surface area contributed by atoms with Crippen molar-refractivity contribution in [2.45, 2.75) is 38.7 Å². The number of piperidine rings is 1. The van der Waals surface area contributed by atoms with E-state index in [1.807, 2.05) is 0 Å². The van der Waals surface area contributed by atoms with Gasteiger partial charge < -0.3 is 9.64 Å². The molecule has 0 saturated carbocycles. The number of amides is 1. The Kier molecular flexibility index (Phi) is 5.57. The van der Waals surface area contributed by atoms with Gasteiger partial charge in [-0.15, -0.1) is 0 Å². The third-order valence-electron chi connectivity index (χ3n) is 5.20. The molecule has 2 aliphatic heterocycles. The second-order valence-corrected chi connectivity index (χ2v) is 7.83. The molecule has 4 nitrogen and oxygen atoms in total. The number of likely N-dealkylation sites (tertiary alicyclic amines) is 1. The molecule has 0 bridgehead atoms. The minimum absolute atomic E-state index is 0.138. The van der Waals surface area contributed by atoms with E-state index in [2.05, 4.69) is 54.0 Å². The van der Waals surface area contributed by atoms with Crippen molar-refractivity contribution in [3.8, 4) is 0 Å². The summed E-state index contributed by atoms with van der Waals surface area (Å²) in [6.07, 6.45) is 3.38. The van der Waals surface area contributed by atoms with Gasteiger partial charge in [-0.3, -0.25) is 9.69 Å². The minimum atomic E-state index is -0.138. The number of hydrogen-bond donors (Lipinski definition) is 0. The summed E-state index contributed by atoms with van der Waals surface area (Å²) < 4.78 is 5.73. The summed E-state index contributed by atoms with van der Waals surface area (Å²) in [5.41, 5.74) is 1.28. The average molecular weight is 330 g/mol. The van der Waals surface area contributed by atoms with Crippen LogP contribution < -0.4 is 0 Å². The van der Waals surface area contributed by atoms with Gasteiger partial charge in [-0.25, -0.2) is 0 Å². The normalized spacial score (nSPS) is 22.5. The summed E-state index contributed by atoms with van der Waals surface area (Å²) in [5, 5.41) is 0. The van der Waals surface area contributed by atoms with Gasteiger partial charge in [0, 0.05) is 26.2 Å². The highest BCUT2D eigenvalue weighted by molar-refractivity contribution is 5.78. The van der Waals surface area contributed by atoms with E-state index in [9.17, 15) is 4.79 Å². The Balaban J connectivity index is 1.43. The summed E-state index contributed by atoms with van der Waals surface area (Å²) in [6, 6.07) is 10.7. The molecule has 1 aromatic rings. The summed E-state index contributed by atoms with van der Waals surface area (Å²) >= 11 is 0. The fraction of sp³-hybridized carbons (Fsp3) is 0.650. The molecule has 2 heterocycles. The number of nitrogens with zero attached hydrogens (tertiary/aromatic N) is 2. The van der Waals surface area contributed by atoms with E-state index in [1.54, 1.807) is 0 Å². The van der Waals surface area contributed by atoms with Crippen LogP contribution in [0.25, 0.3) is 0 Å². The van der Waals surface area contributed by atoms with Crippen LogP contribution in [0.3, 0.4) is 0 Å². The lowest BCUT2D eigenvalue weighted by atomic mass is 9.90. The fourth-order valence-corrected chi connectivity index (χ4v) is 3.87. The van der Waals surface area contributed by atoms with Crippen molar-refractivity contribution in [2.75, 3.05) is 39.3 Å². The van der Waals surface area contributed by atoms with Gasteiger partial charge in [-0.1, -0.05) is 30.3 Å². The first-order valence-corrected chi connectivity index (χ1v) is 9.20. The Morgan fingerprint density at radius 2 is 1.88 bits per heavy atom. The number of hydrogen-bond acceptors (Lipinski definition) is 3. The highest BCUT2D eigenvalue weighted by atomic mass is 16.5. The summed E-state index contributed by atoms with van der Waals surface area (Å²) in [5.74, 6) is 0.990. The van der Waals surface area contributed by atoms with Gasteiger partial charge in [0.25, 0.3) is 0 Å². The molecule has 1 aromatic carbocycles. The van der Waals surface area contributed by atoms with Crippen molar-refractivity contribution in [1.29, 1.82) is 0 Å². The quantitative estimate of drug-likeness (QED) is 0.851. The van der Waals surface area contributed by atoms with Crippen LogP contribution in [0.4, 0.5) is 0 Å². The van der Waals surface area contributed by atoms with Gasteiger partial charge in [-0.2, -0.15) is 0 Å². The first-order chi connectivity index (χ1) is 11.5. The molecule has 0 spiro atoms. The van der Waals surface area contributed by atoms with Crippen LogP contribution in [-0.2, 0) is 16.0 Å². The molecule has 2 aliphatic rings. The third-order valence-corrected chi connectivity index (χ3v) is 5.20. The van der Waals surface area contributed by atoms with Gasteiger partial charge in [0.05, 0.1) is 18.8 Å². The van der Waals surface area contributed by atoms with E-state index in [0.717, 1.165) is 52.0 Å². The molecule has 0 aromatic heterocycles. The highest BCUT2D eigenvalue weighted by Gasteiger charge is 2.30. The zero-order chi connectivity index (χ0) is 17.0. The molecular weight excluding hydrogens is 300 g/mol. The molecular formula is C20H30N2O2. The maximum Gasteiger partial charge on any atom is 0.236 e. The molecule has 2 fully saturated rings. The van der Waals surface area contributed by atoms with E-state index >= 15 is 0 Å². The van der Waals surface area contributed by atoms with Crippen molar-refractivity contribution < 1.29 is 9.53 Å². The van der Waals surface area contributed by atoms with Gasteiger partial charge in [-0.05, 0) is 44.6 Å². The van der Waals surface area contributed by atoms with Crippen molar-refractivity contribution in [3.63, 3.8) is 0 Å². The molecule has 24 heavy (non-hydrogen) atoms. The molecule has 0 N–H and O–H groups in total. The van der Waals surface area contributed by atoms with E-state index in [4.69, 9.17) is 4.74 Å². The standard InChI is InChI=1S/C20H30N2O2/c1-20(2)16-21(12-13-24-20)15-19(23)22-10-8-18(9-11-22)14-17-6-4-3-5-7-17/h3-7,18H,8-16H2,1-2H3. The van der Waals surface area contributed by atoms with Crippen molar-refractivity contribution in [2.24, 2.45) is 5.92 Å².